The van der Waals surface area contributed by atoms with Crippen molar-refractivity contribution >= 4 is 23.2 Å². The van der Waals surface area contributed by atoms with Crippen LogP contribution in [0.1, 0.15) is 30.3 Å². The molecule has 1 aliphatic rings. The highest BCUT2D eigenvalue weighted by molar-refractivity contribution is 6.05. The van der Waals surface area contributed by atoms with Crippen molar-refractivity contribution in [1.29, 1.82) is 0 Å². The van der Waals surface area contributed by atoms with Gasteiger partial charge in [-0.25, -0.2) is 0 Å². The van der Waals surface area contributed by atoms with Gasteiger partial charge in [-0.2, -0.15) is 0 Å². The second-order valence-corrected chi connectivity index (χ2v) is 5.11. The normalized spacial score (nSPS) is 13.8. The molecule has 0 spiro atoms. The van der Waals surface area contributed by atoms with Gasteiger partial charge in [0.2, 0.25) is 5.91 Å². The van der Waals surface area contributed by atoms with E-state index >= 15 is 0 Å². The SMILES string of the molecule is CC(=O)Nc1ccc(N(C(=O)c2ccco2)C2CC2)cc1. The number of carbonyl (C=O) groups excluding carboxylic acids is 2. The Morgan fingerprint density at radius 2 is 1.90 bits per heavy atom. The molecule has 1 saturated carbocycles. The predicted octanol–water partition coefficient (Wildman–Crippen LogP) is 3.05. The summed E-state index contributed by atoms with van der Waals surface area (Å²) >= 11 is 0. The fourth-order valence-corrected chi connectivity index (χ4v) is 2.25. The number of amides is 2. The molecule has 0 bridgehead atoms. The highest BCUT2D eigenvalue weighted by Crippen LogP contribution is 2.33. The van der Waals surface area contributed by atoms with Crippen LogP contribution in [0.25, 0.3) is 0 Å². The Bertz CT molecular complexity index is 643. The Morgan fingerprint density at radius 1 is 1.19 bits per heavy atom. The van der Waals surface area contributed by atoms with Gasteiger partial charge in [-0.15, -0.1) is 0 Å². The Kier molecular flexibility index (Phi) is 3.48. The first kappa shape index (κ1) is 13.4. The summed E-state index contributed by atoms with van der Waals surface area (Å²) in [6, 6.07) is 10.9. The minimum absolute atomic E-state index is 0.117. The first-order chi connectivity index (χ1) is 10.1. The van der Waals surface area contributed by atoms with E-state index in [1.807, 2.05) is 12.1 Å². The molecule has 21 heavy (non-hydrogen) atoms. The molecule has 5 nitrogen and oxygen atoms in total. The van der Waals surface area contributed by atoms with Gasteiger partial charge in [0.15, 0.2) is 5.76 Å². The smallest absolute Gasteiger partial charge is 0.294 e. The maximum Gasteiger partial charge on any atom is 0.294 e. The number of rotatable bonds is 4. The molecule has 0 aliphatic heterocycles. The average Bonchev–Trinajstić information content (AvgIpc) is 3.13. The summed E-state index contributed by atoms with van der Waals surface area (Å²) in [6.45, 7) is 1.46. The second-order valence-electron chi connectivity index (χ2n) is 5.11. The predicted molar refractivity (Wildman–Crippen MR) is 79.3 cm³/mol. The summed E-state index contributed by atoms with van der Waals surface area (Å²) in [6.07, 6.45) is 3.50. The van der Waals surface area contributed by atoms with E-state index in [0.29, 0.717) is 11.4 Å². The molecule has 0 saturated heterocycles. The van der Waals surface area contributed by atoms with E-state index in [9.17, 15) is 9.59 Å². The molecule has 1 aromatic carbocycles. The van der Waals surface area contributed by atoms with Crippen LogP contribution in [0.5, 0.6) is 0 Å². The maximum atomic E-state index is 12.5. The molecule has 1 aliphatic carbocycles. The van der Waals surface area contributed by atoms with Crippen molar-refractivity contribution < 1.29 is 14.0 Å². The van der Waals surface area contributed by atoms with Crippen LogP contribution in [0.4, 0.5) is 11.4 Å². The van der Waals surface area contributed by atoms with E-state index in [0.717, 1.165) is 18.5 Å². The van der Waals surface area contributed by atoms with Crippen molar-refractivity contribution in [3.05, 3.63) is 48.4 Å². The van der Waals surface area contributed by atoms with Crippen molar-refractivity contribution in [3.8, 4) is 0 Å². The van der Waals surface area contributed by atoms with Crippen molar-refractivity contribution in [3.63, 3.8) is 0 Å². The van der Waals surface area contributed by atoms with Crippen LogP contribution in [0, 0.1) is 0 Å². The molecule has 2 amide bonds. The number of carbonyl (C=O) groups is 2. The molecule has 0 radical (unpaired) electrons. The van der Waals surface area contributed by atoms with Gasteiger partial charge >= 0.3 is 0 Å². The largest absolute Gasteiger partial charge is 0.459 e. The van der Waals surface area contributed by atoms with Crippen LogP contribution in [0.15, 0.2) is 47.1 Å². The van der Waals surface area contributed by atoms with Gasteiger partial charge < -0.3 is 14.6 Å². The zero-order valence-corrected chi connectivity index (χ0v) is 11.7. The molecule has 1 fully saturated rings. The first-order valence-electron chi connectivity index (χ1n) is 6.90. The lowest BCUT2D eigenvalue weighted by molar-refractivity contribution is -0.114. The summed E-state index contributed by atoms with van der Waals surface area (Å²) in [5.74, 6) is 0.0936. The van der Waals surface area contributed by atoms with Crippen LogP contribution in [-0.2, 0) is 4.79 Å². The fraction of sp³-hybridized carbons (Fsp3) is 0.250. The molecule has 0 atom stereocenters. The van der Waals surface area contributed by atoms with Crippen LogP contribution >= 0.6 is 0 Å². The topological polar surface area (TPSA) is 62.6 Å². The summed E-state index contributed by atoms with van der Waals surface area (Å²) in [7, 11) is 0. The molecule has 5 heteroatoms. The Hall–Kier alpha value is -2.56. The van der Waals surface area contributed by atoms with E-state index in [1.54, 1.807) is 29.2 Å². The van der Waals surface area contributed by atoms with Crippen LogP contribution in [-0.4, -0.2) is 17.9 Å². The minimum atomic E-state index is -0.130. The van der Waals surface area contributed by atoms with Gasteiger partial charge in [0.1, 0.15) is 0 Å². The molecule has 3 rings (SSSR count). The summed E-state index contributed by atoms with van der Waals surface area (Å²) < 4.78 is 5.20. The average molecular weight is 284 g/mol. The molecular weight excluding hydrogens is 268 g/mol. The zero-order chi connectivity index (χ0) is 14.8. The molecule has 108 valence electrons. The molecule has 1 aromatic heterocycles. The maximum absolute atomic E-state index is 12.5. The highest BCUT2D eigenvalue weighted by atomic mass is 16.3. The van der Waals surface area contributed by atoms with Crippen molar-refractivity contribution in [2.75, 3.05) is 10.2 Å². The van der Waals surface area contributed by atoms with Gasteiger partial charge in [-0.1, -0.05) is 0 Å². The zero-order valence-electron chi connectivity index (χ0n) is 11.7. The third-order valence-corrected chi connectivity index (χ3v) is 3.33. The molecular formula is C16H16N2O3. The lowest BCUT2D eigenvalue weighted by Gasteiger charge is -2.21. The van der Waals surface area contributed by atoms with E-state index in [2.05, 4.69) is 5.32 Å². The molecule has 2 aromatic rings. The number of anilines is 2. The molecule has 0 unspecified atom stereocenters. The lowest BCUT2D eigenvalue weighted by atomic mass is 10.2. The number of furan rings is 1. The van der Waals surface area contributed by atoms with Crippen LogP contribution < -0.4 is 10.2 Å². The number of hydrogen-bond acceptors (Lipinski definition) is 3. The summed E-state index contributed by atoms with van der Waals surface area (Å²) in [4.78, 5) is 25.3. The standard InChI is InChI=1S/C16H16N2O3/c1-11(19)17-12-4-6-13(7-5-12)18(14-8-9-14)16(20)15-3-2-10-21-15/h2-7,10,14H,8-9H2,1H3,(H,17,19). The third-order valence-electron chi connectivity index (χ3n) is 3.33. The van der Waals surface area contributed by atoms with Crippen LogP contribution in [0.2, 0.25) is 0 Å². The minimum Gasteiger partial charge on any atom is -0.459 e. The summed E-state index contributed by atoms with van der Waals surface area (Å²) in [5, 5.41) is 2.71. The first-order valence-corrected chi connectivity index (χ1v) is 6.90. The van der Waals surface area contributed by atoms with Gasteiger partial charge in [0.05, 0.1) is 6.26 Å². The monoisotopic (exact) mass is 284 g/mol. The van der Waals surface area contributed by atoms with Crippen molar-refractivity contribution in [2.24, 2.45) is 0 Å². The number of hydrogen-bond donors (Lipinski definition) is 1. The van der Waals surface area contributed by atoms with E-state index in [-0.39, 0.29) is 17.9 Å². The van der Waals surface area contributed by atoms with Crippen molar-refractivity contribution in [2.45, 2.75) is 25.8 Å². The van der Waals surface area contributed by atoms with E-state index in [1.165, 1.54) is 13.2 Å². The highest BCUT2D eigenvalue weighted by Gasteiger charge is 2.35. The number of nitrogens with one attached hydrogen (secondary N) is 1. The van der Waals surface area contributed by atoms with Gasteiger partial charge in [-0.3, -0.25) is 9.59 Å². The Labute approximate surface area is 122 Å². The van der Waals surface area contributed by atoms with Gasteiger partial charge in [-0.05, 0) is 49.2 Å². The van der Waals surface area contributed by atoms with Crippen LogP contribution in [0.3, 0.4) is 0 Å². The lowest BCUT2D eigenvalue weighted by Crippen LogP contribution is -2.32. The molecule has 1 heterocycles. The number of nitrogens with zero attached hydrogens (tertiary/aromatic N) is 1. The van der Waals surface area contributed by atoms with Crippen molar-refractivity contribution in [1.82, 2.24) is 0 Å². The summed E-state index contributed by atoms with van der Waals surface area (Å²) in [5.41, 5.74) is 1.53. The van der Waals surface area contributed by atoms with E-state index < -0.39 is 0 Å². The molecule has 1 N–H and O–H groups in total. The third kappa shape index (κ3) is 2.97. The Balaban J connectivity index is 1.84. The fourth-order valence-electron chi connectivity index (χ4n) is 2.25. The Morgan fingerprint density at radius 3 is 2.43 bits per heavy atom. The quantitative estimate of drug-likeness (QED) is 0.938. The second kappa shape index (κ2) is 5.44. The van der Waals surface area contributed by atoms with E-state index in [4.69, 9.17) is 4.42 Å². The number of benzene rings is 1. The van der Waals surface area contributed by atoms with Gasteiger partial charge in [0.25, 0.3) is 5.91 Å². The van der Waals surface area contributed by atoms with Gasteiger partial charge in [0, 0.05) is 24.3 Å².